The number of hydrogen-bond acceptors (Lipinski definition) is 8. The third kappa shape index (κ3) is 6.15. The number of pyridine rings is 1. The van der Waals surface area contributed by atoms with E-state index in [1.165, 1.54) is 31.2 Å². The summed E-state index contributed by atoms with van der Waals surface area (Å²) in [5, 5.41) is 10.9. The maximum Gasteiger partial charge on any atom is 0.224 e. The number of nitrogens with one attached hydrogen (secondary N) is 3. The highest BCUT2D eigenvalue weighted by Gasteiger charge is 2.38. The second-order valence-electron chi connectivity index (χ2n) is 11.1. The first kappa shape index (κ1) is 25.4. The molecular formula is C28H44N8. The third-order valence-electron chi connectivity index (χ3n) is 8.51. The van der Waals surface area contributed by atoms with Crippen LogP contribution >= 0.6 is 0 Å². The molecule has 2 unspecified atom stereocenters. The van der Waals surface area contributed by atoms with Crippen LogP contribution in [0.2, 0.25) is 0 Å². The van der Waals surface area contributed by atoms with Gasteiger partial charge in [0.05, 0.1) is 11.3 Å². The highest BCUT2D eigenvalue weighted by atomic mass is 15.2. The summed E-state index contributed by atoms with van der Waals surface area (Å²) >= 11 is 0. The van der Waals surface area contributed by atoms with Crippen LogP contribution in [0.1, 0.15) is 76.7 Å². The zero-order valence-corrected chi connectivity index (χ0v) is 22.0. The van der Waals surface area contributed by atoms with E-state index in [9.17, 15) is 0 Å². The molecule has 2 aromatic heterocycles. The van der Waals surface area contributed by atoms with Crippen molar-refractivity contribution >= 4 is 11.8 Å². The molecule has 2 bridgehead atoms. The molecule has 4 heterocycles. The predicted octanol–water partition coefficient (Wildman–Crippen LogP) is 4.15. The highest BCUT2D eigenvalue weighted by molar-refractivity contribution is 5.73. The van der Waals surface area contributed by atoms with Gasteiger partial charge in [-0.25, -0.2) is 4.98 Å². The standard InChI is InChI=1S/C28H44N8/c1-3-4-13-30-28-33-18-25(27(35-28)34-21-8-6-20(29)7-9-21)26-12-5-19(17-32-26)16-31-22-14-23-10-11-24(15-22)36(23)2/h5,12,17-18,20-24,31H,3-4,6-11,13-16,29H2,1-2H3,(H2,30,33,34,35). The van der Waals surface area contributed by atoms with E-state index in [2.05, 4.69) is 51.9 Å². The van der Waals surface area contributed by atoms with Crippen molar-refractivity contribution in [3.8, 4) is 11.3 Å². The lowest BCUT2D eigenvalue weighted by Gasteiger charge is -2.36. The molecule has 2 aliphatic heterocycles. The molecule has 196 valence electrons. The molecule has 0 radical (unpaired) electrons. The van der Waals surface area contributed by atoms with E-state index in [1.807, 2.05) is 12.4 Å². The molecule has 36 heavy (non-hydrogen) atoms. The first-order valence-corrected chi connectivity index (χ1v) is 14.1. The Hall–Kier alpha value is -2.29. The number of anilines is 2. The number of rotatable bonds is 10. The topological polar surface area (TPSA) is 104 Å². The molecule has 8 nitrogen and oxygen atoms in total. The molecule has 5 N–H and O–H groups in total. The first-order valence-electron chi connectivity index (χ1n) is 14.1. The minimum atomic E-state index is 0.326. The van der Waals surface area contributed by atoms with Crippen LogP contribution in [0.25, 0.3) is 11.3 Å². The summed E-state index contributed by atoms with van der Waals surface area (Å²) in [6.45, 7) is 3.94. The zero-order valence-electron chi connectivity index (χ0n) is 22.0. The molecule has 0 aromatic carbocycles. The van der Waals surface area contributed by atoms with Crippen molar-refractivity contribution in [2.24, 2.45) is 5.73 Å². The van der Waals surface area contributed by atoms with E-state index in [0.717, 1.165) is 80.8 Å². The van der Waals surface area contributed by atoms with Gasteiger partial charge in [-0.15, -0.1) is 0 Å². The van der Waals surface area contributed by atoms with Gasteiger partial charge in [0.1, 0.15) is 5.82 Å². The lowest BCUT2D eigenvalue weighted by Crippen LogP contribution is -2.46. The van der Waals surface area contributed by atoms with Gasteiger partial charge in [-0.05, 0) is 76.5 Å². The second kappa shape index (κ2) is 11.8. The Morgan fingerprint density at radius 1 is 0.972 bits per heavy atom. The Balaban J connectivity index is 1.25. The monoisotopic (exact) mass is 492 g/mol. The van der Waals surface area contributed by atoms with Gasteiger partial charge in [0, 0.05) is 55.7 Å². The van der Waals surface area contributed by atoms with Crippen molar-refractivity contribution in [3.05, 3.63) is 30.1 Å². The van der Waals surface area contributed by atoms with E-state index in [4.69, 9.17) is 15.7 Å². The van der Waals surface area contributed by atoms with Gasteiger partial charge < -0.3 is 26.6 Å². The lowest BCUT2D eigenvalue weighted by molar-refractivity contribution is 0.148. The Morgan fingerprint density at radius 2 is 1.75 bits per heavy atom. The fraction of sp³-hybridized carbons (Fsp3) is 0.679. The average molecular weight is 493 g/mol. The molecule has 3 aliphatic rings. The molecule has 2 atom stereocenters. The average Bonchev–Trinajstić information content (AvgIpc) is 3.09. The van der Waals surface area contributed by atoms with Crippen LogP contribution in [0.5, 0.6) is 0 Å². The molecular weight excluding hydrogens is 448 g/mol. The summed E-state index contributed by atoms with van der Waals surface area (Å²) in [4.78, 5) is 16.9. The van der Waals surface area contributed by atoms with Crippen LogP contribution in [-0.2, 0) is 6.54 Å². The summed E-state index contributed by atoms with van der Waals surface area (Å²) in [5.74, 6) is 1.54. The van der Waals surface area contributed by atoms with Crippen LogP contribution in [0.15, 0.2) is 24.5 Å². The van der Waals surface area contributed by atoms with E-state index in [0.29, 0.717) is 24.1 Å². The number of nitrogens with two attached hydrogens (primary N) is 1. The first-order chi connectivity index (χ1) is 17.6. The van der Waals surface area contributed by atoms with Gasteiger partial charge in [0.2, 0.25) is 5.95 Å². The Bertz CT molecular complexity index is 958. The minimum Gasteiger partial charge on any atom is -0.367 e. The van der Waals surface area contributed by atoms with E-state index in [1.54, 1.807) is 0 Å². The van der Waals surface area contributed by atoms with Gasteiger partial charge in [-0.3, -0.25) is 4.98 Å². The van der Waals surface area contributed by atoms with Crippen molar-refractivity contribution in [2.45, 2.75) is 108 Å². The predicted molar refractivity (Wildman–Crippen MR) is 147 cm³/mol. The second-order valence-corrected chi connectivity index (χ2v) is 11.1. The van der Waals surface area contributed by atoms with Crippen molar-refractivity contribution in [3.63, 3.8) is 0 Å². The minimum absolute atomic E-state index is 0.326. The number of hydrogen-bond donors (Lipinski definition) is 4. The van der Waals surface area contributed by atoms with Crippen LogP contribution in [-0.4, -0.2) is 63.7 Å². The number of fused-ring (bicyclic) bond motifs is 2. The van der Waals surface area contributed by atoms with Crippen molar-refractivity contribution in [1.29, 1.82) is 0 Å². The van der Waals surface area contributed by atoms with Crippen molar-refractivity contribution < 1.29 is 0 Å². The van der Waals surface area contributed by atoms with E-state index >= 15 is 0 Å². The molecule has 2 aromatic rings. The van der Waals surface area contributed by atoms with Crippen molar-refractivity contribution in [1.82, 2.24) is 25.2 Å². The summed E-state index contributed by atoms with van der Waals surface area (Å²) in [6.07, 6.45) is 15.6. The van der Waals surface area contributed by atoms with Gasteiger partial charge in [0.25, 0.3) is 0 Å². The molecule has 8 heteroatoms. The maximum absolute atomic E-state index is 6.13. The Morgan fingerprint density at radius 3 is 2.44 bits per heavy atom. The van der Waals surface area contributed by atoms with E-state index in [-0.39, 0.29) is 0 Å². The summed E-state index contributed by atoms with van der Waals surface area (Å²) in [6, 6.07) is 7.13. The smallest absolute Gasteiger partial charge is 0.224 e. The summed E-state index contributed by atoms with van der Waals surface area (Å²) < 4.78 is 0. The molecule has 2 saturated heterocycles. The molecule has 1 aliphatic carbocycles. The fourth-order valence-electron chi connectivity index (χ4n) is 6.13. The number of aromatic nitrogens is 3. The van der Waals surface area contributed by atoms with Gasteiger partial charge in [0.15, 0.2) is 0 Å². The number of piperidine rings is 1. The van der Waals surface area contributed by atoms with Gasteiger partial charge in [-0.2, -0.15) is 4.98 Å². The van der Waals surface area contributed by atoms with Gasteiger partial charge >= 0.3 is 0 Å². The summed E-state index contributed by atoms with van der Waals surface area (Å²) in [5.41, 5.74) is 9.22. The maximum atomic E-state index is 6.13. The number of unbranched alkanes of at least 4 members (excludes halogenated alkanes) is 1. The normalized spacial score (nSPS) is 28.2. The molecule has 3 fully saturated rings. The molecule has 0 amide bonds. The molecule has 5 rings (SSSR count). The fourth-order valence-corrected chi connectivity index (χ4v) is 6.13. The van der Waals surface area contributed by atoms with Crippen molar-refractivity contribution in [2.75, 3.05) is 24.2 Å². The van der Waals surface area contributed by atoms with Crippen LogP contribution in [0.3, 0.4) is 0 Å². The van der Waals surface area contributed by atoms with Crippen LogP contribution in [0, 0.1) is 0 Å². The lowest BCUT2D eigenvalue weighted by atomic mass is 9.92. The largest absolute Gasteiger partial charge is 0.367 e. The Labute approximate surface area is 216 Å². The number of nitrogens with zero attached hydrogens (tertiary/aromatic N) is 4. The highest BCUT2D eigenvalue weighted by Crippen LogP contribution is 2.34. The van der Waals surface area contributed by atoms with E-state index < -0.39 is 0 Å². The Kier molecular flexibility index (Phi) is 8.34. The quantitative estimate of drug-likeness (QED) is 0.367. The summed E-state index contributed by atoms with van der Waals surface area (Å²) in [7, 11) is 2.30. The van der Waals surface area contributed by atoms with Gasteiger partial charge in [-0.1, -0.05) is 19.4 Å². The molecule has 1 saturated carbocycles. The zero-order chi connectivity index (χ0) is 24.9. The van der Waals surface area contributed by atoms with Crippen LogP contribution in [0.4, 0.5) is 11.8 Å². The third-order valence-corrected chi connectivity index (χ3v) is 8.51. The SMILES string of the molecule is CCCCNc1ncc(-c2ccc(CNC3CC4CCC(C3)N4C)cn2)c(NC2CCC(N)CC2)n1. The molecule has 0 spiro atoms. The van der Waals surface area contributed by atoms with Crippen LogP contribution < -0.4 is 21.7 Å².